The van der Waals surface area contributed by atoms with Crippen LogP contribution in [0.5, 0.6) is 0 Å². The third kappa shape index (κ3) is 3.69. The maximum atomic E-state index is 5.54. The van der Waals surface area contributed by atoms with Crippen molar-refractivity contribution in [2.24, 2.45) is 0 Å². The predicted octanol–water partition coefficient (Wildman–Crippen LogP) is 4.89. The van der Waals surface area contributed by atoms with Gasteiger partial charge in [-0.2, -0.15) is 0 Å². The van der Waals surface area contributed by atoms with Crippen molar-refractivity contribution in [2.75, 3.05) is 6.61 Å². The standard InChI is InChI=1S/C21H26O2Si/c1-5-15-24(3,4)19-13-11-17(12-14-19)16-7-9-18(10-8-16)20-21(23-20)22-6-2/h5,7-14,20-21H,1,6,15H2,2-4H3/t20?,21-/m0/s1. The fourth-order valence-corrected chi connectivity index (χ4v) is 5.11. The van der Waals surface area contributed by atoms with Crippen molar-refractivity contribution in [1.82, 2.24) is 0 Å². The Morgan fingerprint density at radius 1 is 1.04 bits per heavy atom. The number of benzene rings is 2. The minimum absolute atomic E-state index is 0.0582. The molecule has 3 rings (SSSR count). The molecule has 0 aromatic heterocycles. The Balaban J connectivity index is 1.72. The number of allylic oxidation sites excluding steroid dienone is 1. The molecule has 3 heteroatoms. The molecule has 1 unspecified atom stereocenters. The first-order valence-corrected chi connectivity index (χ1v) is 11.8. The molecule has 0 radical (unpaired) electrons. The lowest BCUT2D eigenvalue weighted by molar-refractivity contribution is 0.0593. The summed E-state index contributed by atoms with van der Waals surface area (Å²) in [7, 11) is -1.38. The van der Waals surface area contributed by atoms with Gasteiger partial charge in [0.05, 0.1) is 8.07 Å². The van der Waals surface area contributed by atoms with Gasteiger partial charge in [0.2, 0.25) is 0 Å². The monoisotopic (exact) mass is 338 g/mol. The van der Waals surface area contributed by atoms with E-state index in [4.69, 9.17) is 9.47 Å². The Bertz CT molecular complexity index is 689. The summed E-state index contributed by atoms with van der Waals surface area (Å²) in [5.74, 6) is 0. The second kappa shape index (κ2) is 7.05. The molecular weight excluding hydrogens is 312 g/mol. The van der Waals surface area contributed by atoms with E-state index in [-0.39, 0.29) is 12.4 Å². The van der Waals surface area contributed by atoms with Crippen LogP contribution in [0, 0.1) is 0 Å². The van der Waals surface area contributed by atoms with E-state index in [0.29, 0.717) is 6.61 Å². The largest absolute Gasteiger partial charge is 0.350 e. The summed E-state index contributed by atoms with van der Waals surface area (Å²) in [6.07, 6.45) is 2.10. The summed E-state index contributed by atoms with van der Waals surface area (Å²) in [4.78, 5) is 0. The Morgan fingerprint density at radius 3 is 2.17 bits per heavy atom. The number of hydrogen-bond acceptors (Lipinski definition) is 2. The van der Waals surface area contributed by atoms with Crippen LogP contribution < -0.4 is 5.19 Å². The van der Waals surface area contributed by atoms with Gasteiger partial charge in [-0.25, -0.2) is 0 Å². The van der Waals surface area contributed by atoms with E-state index in [9.17, 15) is 0 Å². The van der Waals surface area contributed by atoms with Gasteiger partial charge in [-0.15, -0.1) is 6.58 Å². The normalized spacial score (nSPS) is 20.0. The molecule has 0 bridgehead atoms. The summed E-state index contributed by atoms with van der Waals surface area (Å²) < 4.78 is 11.0. The van der Waals surface area contributed by atoms with Crippen LogP contribution in [0.1, 0.15) is 18.6 Å². The second-order valence-electron chi connectivity index (χ2n) is 6.96. The molecule has 1 aliphatic heterocycles. The van der Waals surface area contributed by atoms with Gasteiger partial charge in [-0.05, 0) is 29.7 Å². The van der Waals surface area contributed by atoms with E-state index in [1.54, 1.807) is 0 Å². The molecule has 0 N–H and O–H groups in total. The Labute approximate surface area is 146 Å². The van der Waals surface area contributed by atoms with Crippen molar-refractivity contribution < 1.29 is 9.47 Å². The van der Waals surface area contributed by atoms with Gasteiger partial charge in [0.1, 0.15) is 6.10 Å². The van der Waals surface area contributed by atoms with E-state index in [0.717, 1.165) is 6.04 Å². The number of hydrogen-bond donors (Lipinski definition) is 0. The zero-order chi connectivity index (χ0) is 17.2. The summed E-state index contributed by atoms with van der Waals surface area (Å²) >= 11 is 0. The van der Waals surface area contributed by atoms with Crippen LogP contribution in [-0.4, -0.2) is 21.0 Å². The Kier molecular flexibility index (Phi) is 5.04. The van der Waals surface area contributed by atoms with Crippen molar-refractivity contribution in [3.63, 3.8) is 0 Å². The van der Waals surface area contributed by atoms with Crippen molar-refractivity contribution in [1.29, 1.82) is 0 Å². The minimum Gasteiger partial charge on any atom is -0.350 e. The lowest BCUT2D eigenvalue weighted by Crippen LogP contribution is -2.40. The topological polar surface area (TPSA) is 21.8 Å². The molecule has 2 aromatic carbocycles. The lowest BCUT2D eigenvalue weighted by atomic mass is 10.0. The van der Waals surface area contributed by atoms with Crippen LogP contribution >= 0.6 is 0 Å². The van der Waals surface area contributed by atoms with Crippen LogP contribution in [0.3, 0.4) is 0 Å². The van der Waals surface area contributed by atoms with Gasteiger partial charge in [-0.3, -0.25) is 0 Å². The Hall–Kier alpha value is -1.68. The van der Waals surface area contributed by atoms with Crippen molar-refractivity contribution in [3.05, 3.63) is 66.7 Å². The Morgan fingerprint density at radius 2 is 1.62 bits per heavy atom. The average Bonchev–Trinajstić information content (AvgIpc) is 3.35. The van der Waals surface area contributed by atoms with Crippen molar-refractivity contribution in [2.45, 2.75) is 38.5 Å². The summed E-state index contributed by atoms with van der Waals surface area (Å²) in [6.45, 7) is 11.4. The first-order chi connectivity index (χ1) is 11.5. The molecule has 2 nitrogen and oxygen atoms in total. The fourth-order valence-electron chi connectivity index (χ4n) is 3.08. The summed E-state index contributed by atoms with van der Waals surface area (Å²) in [5.41, 5.74) is 3.68. The molecule has 0 amide bonds. The molecule has 1 aliphatic rings. The molecule has 126 valence electrons. The molecule has 1 saturated heterocycles. The first kappa shape index (κ1) is 17.2. The van der Waals surface area contributed by atoms with E-state index < -0.39 is 8.07 Å². The molecule has 1 heterocycles. The molecule has 2 atom stereocenters. The van der Waals surface area contributed by atoms with Crippen molar-refractivity contribution >= 4 is 13.3 Å². The van der Waals surface area contributed by atoms with Crippen LogP contribution in [-0.2, 0) is 9.47 Å². The molecule has 0 saturated carbocycles. The van der Waals surface area contributed by atoms with Crippen LogP contribution in [0.4, 0.5) is 0 Å². The third-order valence-corrected chi connectivity index (χ3v) is 7.88. The first-order valence-electron chi connectivity index (χ1n) is 8.64. The maximum absolute atomic E-state index is 5.54. The van der Waals surface area contributed by atoms with Crippen molar-refractivity contribution in [3.8, 4) is 11.1 Å². The third-order valence-electron chi connectivity index (χ3n) is 4.68. The van der Waals surface area contributed by atoms with Crippen LogP contribution in [0.25, 0.3) is 11.1 Å². The van der Waals surface area contributed by atoms with Crippen LogP contribution in [0.2, 0.25) is 19.1 Å². The summed E-state index contributed by atoms with van der Waals surface area (Å²) in [5, 5.41) is 1.48. The molecule has 24 heavy (non-hydrogen) atoms. The molecule has 2 aromatic rings. The zero-order valence-electron chi connectivity index (χ0n) is 14.8. The highest BCUT2D eigenvalue weighted by molar-refractivity contribution is 6.90. The van der Waals surface area contributed by atoms with Gasteiger partial charge >= 0.3 is 0 Å². The van der Waals surface area contributed by atoms with E-state index in [1.165, 1.54) is 21.9 Å². The zero-order valence-corrected chi connectivity index (χ0v) is 15.8. The highest BCUT2D eigenvalue weighted by atomic mass is 28.3. The number of rotatable bonds is 7. The van der Waals surface area contributed by atoms with Gasteiger partial charge < -0.3 is 9.47 Å². The molecule has 0 aliphatic carbocycles. The number of epoxide rings is 1. The molecule has 1 fully saturated rings. The second-order valence-corrected chi connectivity index (χ2v) is 11.7. The van der Waals surface area contributed by atoms with E-state index in [1.807, 2.05) is 13.0 Å². The van der Waals surface area contributed by atoms with Gasteiger partial charge in [0.15, 0.2) is 6.29 Å². The van der Waals surface area contributed by atoms with E-state index >= 15 is 0 Å². The maximum Gasteiger partial charge on any atom is 0.189 e. The van der Waals surface area contributed by atoms with Gasteiger partial charge in [0.25, 0.3) is 0 Å². The number of ether oxygens (including phenoxy) is 2. The quantitative estimate of drug-likeness (QED) is 0.407. The fraction of sp³-hybridized carbons (Fsp3) is 0.333. The highest BCUT2D eigenvalue weighted by Gasteiger charge is 2.40. The van der Waals surface area contributed by atoms with Crippen LogP contribution in [0.15, 0.2) is 61.2 Å². The summed E-state index contributed by atoms with van der Waals surface area (Å²) in [6, 6.07) is 18.8. The van der Waals surface area contributed by atoms with E-state index in [2.05, 4.69) is 68.2 Å². The SMILES string of the molecule is C=CC[Si](C)(C)c1ccc(-c2ccc(C3O[C@@H]3OCC)cc2)cc1. The smallest absolute Gasteiger partial charge is 0.189 e. The minimum atomic E-state index is -1.38. The predicted molar refractivity (Wildman–Crippen MR) is 103 cm³/mol. The molecule has 0 spiro atoms. The van der Waals surface area contributed by atoms with Gasteiger partial charge in [-0.1, -0.05) is 72.9 Å². The lowest BCUT2D eigenvalue weighted by Gasteiger charge is -2.21. The van der Waals surface area contributed by atoms with Gasteiger partial charge in [0, 0.05) is 6.61 Å². The molecular formula is C21H26O2Si. The average molecular weight is 339 g/mol. The highest BCUT2D eigenvalue weighted by Crippen LogP contribution is 2.39.